The number of nitrogens with zero attached hydrogens (tertiary/aromatic N) is 2. The molecule has 1 aliphatic rings. The zero-order valence-corrected chi connectivity index (χ0v) is 16.3. The number of halogens is 1. The van der Waals surface area contributed by atoms with Crippen molar-refractivity contribution in [3.8, 4) is 5.75 Å². The molecule has 1 aromatic heterocycles. The number of benzene rings is 1. The lowest BCUT2D eigenvalue weighted by Gasteiger charge is -2.32. The van der Waals surface area contributed by atoms with Crippen LogP contribution in [0.3, 0.4) is 0 Å². The van der Waals surface area contributed by atoms with Crippen molar-refractivity contribution in [2.75, 3.05) is 13.1 Å². The highest BCUT2D eigenvalue weighted by Crippen LogP contribution is 2.19. The zero-order chi connectivity index (χ0) is 19.4. The molecule has 1 aliphatic heterocycles. The van der Waals surface area contributed by atoms with Gasteiger partial charge >= 0.3 is 6.03 Å². The maximum Gasteiger partial charge on any atom is 0.317 e. The van der Waals surface area contributed by atoms with Crippen molar-refractivity contribution < 1.29 is 9.53 Å². The van der Waals surface area contributed by atoms with Gasteiger partial charge < -0.3 is 19.5 Å². The van der Waals surface area contributed by atoms with Gasteiger partial charge in [-0.3, -0.25) is 4.79 Å². The Kier molecular flexibility index (Phi) is 6.06. The van der Waals surface area contributed by atoms with Gasteiger partial charge in [0.25, 0.3) is 5.56 Å². The molecule has 0 atom stereocenters. The van der Waals surface area contributed by atoms with Crippen LogP contribution in [0.4, 0.5) is 4.79 Å². The predicted octanol–water partition coefficient (Wildman–Crippen LogP) is 3.10. The van der Waals surface area contributed by atoms with E-state index >= 15 is 0 Å². The number of aryl methyl sites for hydroxylation is 1. The molecule has 27 heavy (non-hydrogen) atoms. The fourth-order valence-electron chi connectivity index (χ4n) is 3.07. The van der Waals surface area contributed by atoms with Crippen LogP contribution in [0.5, 0.6) is 5.75 Å². The minimum absolute atomic E-state index is 0.0109. The summed E-state index contributed by atoms with van der Waals surface area (Å²) in [5.41, 5.74) is 1.78. The smallest absolute Gasteiger partial charge is 0.317 e. The molecule has 1 N–H and O–H groups in total. The number of aromatic nitrogens is 1. The third-order valence-electron chi connectivity index (χ3n) is 4.87. The summed E-state index contributed by atoms with van der Waals surface area (Å²) in [6.45, 7) is 3.60. The van der Waals surface area contributed by atoms with Crippen molar-refractivity contribution in [2.45, 2.75) is 32.4 Å². The molecule has 2 heterocycles. The number of ether oxygens (including phenoxy) is 1. The maximum absolute atomic E-state index is 12.3. The zero-order valence-electron chi connectivity index (χ0n) is 15.6. The number of urea groups is 1. The summed E-state index contributed by atoms with van der Waals surface area (Å²) in [5, 5.41) is 3.61. The number of hydrogen-bond donors (Lipinski definition) is 1. The Morgan fingerprint density at radius 3 is 2.52 bits per heavy atom. The van der Waals surface area contributed by atoms with Crippen molar-refractivity contribution in [1.82, 2.24) is 14.8 Å². The number of carbonyl (C=O) groups is 1. The first-order valence-corrected chi connectivity index (χ1v) is 9.42. The predicted molar refractivity (Wildman–Crippen MR) is 105 cm³/mol. The van der Waals surface area contributed by atoms with Crippen LogP contribution in [0.15, 0.2) is 41.2 Å². The molecule has 0 spiro atoms. The molecule has 3 rings (SSSR count). The molecule has 0 radical (unpaired) electrons. The van der Waals surface area contributed by atoms with E-state index in [9.17, 15) is 9.59 Å². The van der Waals surface area contributed by atoms with Crippen LogP contribution in [0.1, 0.15) is 24.1 Å². The van der Waals surface area contributed by atoms with Crippen LogP contribution < -0.4 is 15.6 Å². The number of pyridine rings is 1. The lowest BCUT2D eigenvalue weighted by molar-refractivity contribution is 0.110. The lowest BCUT2D eigenvalue weighted by Crippen LogP contribution is -2.46. The fraction of sp³-hybridized carbons (Fsp3) is 0.400. The Labute approximate surface area is 163 Å². The van der Waals surface area contributed by atoms with Gasteiger partial charge in [0.05, 0.1) is 0 Å². The van der Waals surface area contributed by atoms with E-state index in [0.717, 1.165) is 24.1 Å². The minimum Gasteiger partial charge on any atom is -0.490 e. The largest absolute Gasteiger partial charge is 0.490 e. The van der Waals surface area contributed by atoms with E-state index in [4.69, 9.17) is 16.3 Å². The molecule has 7 heteroatoms. The lowest BCUT2D eigenvalue weighted by atomic mass is 10.1. The van der Waals surface area contributed by atoms with Crippen LogP contribution in [-0.2, 0) is 13.6 Å². The topological polar surface area (TPSA) is 63.6 Å². The Balaban J connectivity index is 1.47. The van der Waals surface area contributed by atoms with Gasteiger partial charge in [0, 0.05) is 56.3 Å². The SMILES string of the molecule is Cc1cc(OC2CCN(C(=O)NCc3ccc(Cl)cc3)CC2)cc(=O)n1C. The minimum atomic E-state index is -0.0796. The molecule has 144 valence electrons. The van der Waals surface area contributed by atoms with E-state index in [1.54, 1.807) is 16.5 Å². The summed E-state index contributed by atoms with van der Waals surface area (Å²) in [7, 11) is 1.74. The molecule has 0 unspecified atom stereocenters. The number of rotatable bonds is 4. The number of hydrogen-bond acceptors (Lipinski definition) is 3. The van der Waals surface area contributed by atoms with Crippen LogP contribution in [0.2, 0.25) is 5.02 Å². The highest BCUT2D eigenvalue weighted by Gasteiger charge is 2.24. The summed E-state index contributed by atoms with van der Waals surface area (Å²) >= 11 is 5.87. The molecule has 2 aromatic rings. The van der Waals surface area contributed by atoms with Gasteiger partial charge in [-0.1, -0.05) is 23.7 Å². The summed E-state index contributed by atoms with van der Waals surface area (Å²) in [6.07, 6.45) is 1.49. The van der Waals surface area contributed by atoms with Crippen LogP contribution in [-0.4, -0.2) is 34.7 Å². The Bertz CT molecular complexity index is 856. The summed E-state index contributed by atoms with van der Waals surface area (Å²) in [4.78, 5) is 26.0. The van der Waals surface area contributed by atoms with E-state index in [2.05, 4.69) is 5.32 Å². The Morgan fingerprint density at radius 1 is 1.22 bits per heavy atom. The number of piperidine rings is 1. The van der Waals surface area contributed by atoms with Gasteiger partial charge in [0.2, 0.25) is 0 Å². The number of amides is 2. The van der Waals surface area contributed by atoms with Crippen molar-refractivity contribution in [2.24, 2.45) is 7.05 Å². The summed E-state index contributed by atoms with van der Waals surface area (Å²) in [6, 6.07) is 10.7. The molecule has 0 bridgehead atoms. The van der Waals surface area contributed by atoms with Crippen molar-refractivity contribution in [3.63, 3.8) is 0 Å². The quantitative estimate of drug-likeness (QED) is 0.873. The van der Waals surface area contributed by atoms with Crippen molar-refractivity contribution >= 4 is 17.6 Å². The molecule has 1 aromatic carbocycles. The van der Waals surface area contributed by atoms with Crippen LogP contribution >= 0.6 is 11.6 Å². The number of likely N-dealkylation sites (tertiary alicyclic amines) is 1. The van der Waals surface area contributed by atoms with Crippen molar-refractivity contribution in [1.29, 1.82) is 0 Å². The average molecular weight is 390 g/mol. The van der Waals surface area contributed by atoms with Crippen molar-refractivity contribution in [3.05, 3.63) is 63.0 Å². The van der Waals surface area contributed by atoms with E-state index in [0.29, 0.717) is 30.4 Å². The second-order valence-corrected chi connectivity index (χ2v) is 7.26. The first kappa shape index (κ1) is 19.3. The summed E-state index contributed by atoms with van der Waals surface area (Å²) in [5.74, 6) is 0.598. The third kappa shape index (κ3) is 5.04. The van der Waals surface area contributed by atoms with E-state index in [1.807, 2.05) is 37.3 Å². The second kappa shape index (κ2) is 8.48. The average Bonchev–Trinajstić information content (AvgIpc) is 2.66. The summed E-state index contributed by atoms with van der Waals surface area (Å²) < 4.78 is 7.54. The molecule has 0 aliphatic carbocycles. The van der Waals surface area contributed by atoms with Gasteiger partial charge in [-0.2, -0.15) is 0 Å². The van der Waals surface area contributed by atoms with Gasteiger partial charge in [-0.15, -0.1) is 0 Å². The molecular formula is C20H24ClN3O3. The number of carbonyl (C=O) groups excluding carboxylic acids is 1. The standard InChI is InChI=1S/C20H24ClN3O3/c1-14-11-18(12-19(25)23(14)2)27-17-7-9-24(10-8-17)20(26)22-13-15-3-5-16(21)6-4-15/h3-6,11-12,17H,7-10,13H2,1-2H3,(H,22,26). The first-order valence-electron chi connectivity index (χ1n) is 9.04. The van der Waals surface area contributed by atoms with Crippen LogP contribution in [0.25, 0.3) is 0 Å². The fourth-order valence-corrected chi connectivity index (χ4v) is 3.19. The normalized spacial score (nSPS) is 14.9. The van der Waals surface area contributed by atoms with E-state index in [1.165, 1.54) is 6.07 Å². The molecule has 1 saturated heterocycles. The monoisotopic (exact) mass is 389 g/mol. The molecule has 0 saturated carbocycles. The van der Waals surface area contributed by atoms with Gasteiger partial charge in [0.1, 0.15) is 11.9 Å². The molecular weight excluding hydrogens is 366 g/mol. The molecule has 2 amide bonds. The van der Waals surface area contributed by atoms with E-state index < -0.39 is 0 Å². The van der Waals surface area contributed by atoms with E-state index in [-0.39, 0.29) is 17.7 Å². The third-order valence-corrected chi connectivity index (χ3v) is 5.12. The van der Waals surface area contributed by atoms with Gasteiger partial charge in [-0.05, 0) is 30.7 Å². The second-order valence-electron chi connectivity index (χ2n) is 6.82. The molecule has 6 nitrogen and oxygen atoms in total. The highest BCUT2D eigenvalue weighted by atomic mass is 35.5. The Morgan fingerprint density at radius 2 is 1.89 bits per heavy atom. The molecule has 1 fully saturated rings. The first-order chi connectivity index (χ1) is 12.9. The van der Waals surface area contributed by atoms with Gasteiger partial charge in [-0.25, -0.2) is 4.79 Å². The van der Waals surface area contributed by atoms with Crippen LogP contribution in [0, 0.1) is 6.92 Å². The van der Waals surface area contributed by atoms with Gasteiger partial charge in [0.15, 0.2) is 0 Å². The Hall–Kier alpha value is -2.47. The maximum atomic E-state index is 12.3. The number of nitrogens with one attached hydrogen (secondary N) is 1. The highest BCUT2D eigenvalue weighted by molar-refractivity contribution is 6.30.